The minimum atomic E-state index is -0.143. The fraction of sp³-hybridized carbons (Fsp3) is 0.462. The molecule has 5 rings (SSSR count). The van der Waals surface area contributed by atoms with E-state index in [9.17, 15) is 9.59 Å². The predicted octanol–water partition coefficient (Wildman–Crippen LogP) is 3.21. The molecule has 0 bridgehead atoms. The Hall–Kier alpha value is -3.62. The number of fused-ring (bicyclic) bond motifs is 1. The number of likely N-dealkylation sites (tertiary alicyclic amines) is 1. The molecule has 3 aromatic rings. The second-order valence-corrected chi connectivity index (χ2v) is 9.54. The van der Waals surface area contributed by atoms with Crippen molar-refractivity contribution in [3.05, 3.63) is 54.0 Å². The van der Waals surface area contributed by atoms with E-state index in [-0.39, 0.29) is 30.5 Å². The number of hydrogen-bond donors (Lipinski definition) is 1. The van der Waals surface area contributed by atoms with Gasteiger partial charge in [-0.05, 0) is 43.9 Å². The Bertz CT molecular complexity index is 1220. The number of benzene rings is 1. The van der Waals surface area contributed by atoms with Crippen LogP contribution < -0.4 is 15.0 Å². The zero-order chi connectivity index (χ0) is 24.4. The Morgan fingerprint density at radius 3 is 2.77 bits per heavy atom. The van der Waals surface area contributed by atoms with Crippen LogP contribution in [0.2, 0.25) is 0 Å². The van der Waals surface area contributed by atoms with Gasteiger partial charge in [-0.1, -0.05) is 18.9 Å². The van der Waals surface area contributed by atoms with Gasteiger partial charge >= 0.3 is 0 Å². The van der Waals surface area contributed by atoms with Gasteiger partial charge in [0.15, 0.2) is 12.3 Å². The lowest BCUT2D eigenvalue weighted by atomic mass is 10.1. The van der Waals surface area contributed by atoms with Crippen LogP contribution in [0.25, 0.3) is 5.65 Å². The zero-order valence-electron chi connectivity index (χ0n) is 20.3. The van der Waals surface area contributed by atoms with Crippen LogP contribution in [-0.4, -0.2) is 64.6 Å². The Morgan fingerprint density at radius 1 is 1.14 bits per heavy atom. The molecule has 1 N–H and O–H groups in total. The van der Waals surface area contributed by atoms with Crippen molar-refractivity contribution in [2.75, 3.05) is 32.1 Å². The second-order valence-electron chi connectivity index (χ2n) is 9.54. The molecule has 2 aromatic heterocycles. The van der Waals surface area contributed by atoms with E-state index in [0.29, 0.717) is 23.5 Å². The van der Waals surface area contributed by atoms with Crippen LogP contribution >= 0.6 is 0 Å². The summed E-state index contributed by atoms with van der Waals surface area (Å²) in [7, 11) is 3.93. The zero-order valence-corrected chi connectivity index (χ0v) is 20.3. The molecule has 2 fully saturated rings. The highest BCUT2D eigenvalue weighted by molar-refractivity contribution is 5.99. The SMILES string of the molecule is CN(C)c1cccc(OCC(=O)N2CCCC2c2ccnc3c(C(=O)NC4CCCC4)cnn23)c1. The molecule has 1 unspecified atom stereocenters. The Balaban J connectivity index is 1.31. The van der Waals surface area contributed by atoms with Gasteiger partial charge in [0.25, 0.3) is 11.8 Å². The van der Waals surface area contributed by atoms with E-state index >= 15 is 0 Å². The number of aromatic nitrogens is 3. The third kappa shape index (κ3) is 4.80. The van der Waals surface area contributed by atoms with Crippen LogP contribution in [0.15, 0.2) is 42.7 Å². The molecule has 0 spiro atoms. The van der Waals surface area contributed by atoms with Crippen LogP contribution in [-0.2, 0) is 4.79 Å². The fourth-order valence-corrected chi connectivity index (χ4v) is 5.11. The molecule has 1 saturated carbocycles. The minimum Gasteiger partial charge on any atom is -0.484 e. The first-order chi connectivity index (χ1) is 17.0. The van der Waals surface area contributed by atoms with Crippen molar-refractivity contribution in [2.45, 2.75) is 50.6 Å². The van der Waals surface area contributed by atoms with E-state index < -0.39 is 0 Å². The topological polar surface area (TPSA) is 92.1 Å². The molecular weight excluding hydrogens is 444 g/mol. The van der Waals surface area contributed by atoms with Gasteiger partial charge < -0.3 is 19.9 Å². The molecule has 184 valence electrons. The second kappa shape index (κ2) is 9.93. The van der Waals surface area contributed by atoms with Gasteiger partial charge in [0.2, 0.25) is 0 Å². The summed E-state index contributed by atoms with van der Waals surface area (Å²) in [5, 5.41) is 7.61. The number of carbonyl (C=O) groups excluding carboxylic acids is 2. The maximum Gasteiger partial charge on any atom is 0.261 e. The first-order valence-corrected chi connectivity index (χ1v) is 12.3. The molecular formula is C26H32N6O3. The molecule has 1 aromatic carbocycles. The van der Waals surface area contributed by atoms with Crippen molar-refractivity contribution < 1.29 is 14.3 Å². The van der Waals surface area contributed by atoms with Crippen molar-refractivity contribution in [2.24, 2.45) is 0 Å². The van der Waals surface area contributed by atoms with E-state index in [1.54, 1.807) is 16.9 Å². The third-order valence-electron chi connectivity index (χ3n) is 6.98. The summed E-state index contributed by atoms with van der Waals surface area (Å²) in [6, 6.07) is 9.65. The lowest BCUT2D eigenvalue weighted by Crippen LogP contribution is -2.35. The highest BCUT2D eigenvalue weighted by Gasteiger charge is 2.33. The van der Waals surface area contributed by atoms with E-state index in [1.807, 2.05) is 54.2 Å². The molecule has 1 aliphatic carbocycles. The average molecular weight is 477 g/mol. The number of hydrogen-bond acceptors (Lipinski definition) is 6. The summed E-state index contributed by atoms with van der Waals surface area (Å²) in [5.74, 6) is 0.458. The Morgan fingerprint density at radius 2 is 1.97 bits per heavy atom. The third-order valence-corrected chi connectivity index (χ3v) is 6.98. The molecule has 2 amide bonds. The Labute approximate surface area is 205 Å². The fourth-order valence-electron chi connectivity index (χ4n) is 5.11. The Kier molecular flexibility index (Phi) is 6.57. The van der Waals surface area contributed by atoms with Crippen molar-refractivity contribution in [1.82, 2.24) is 24.8 Å². The van der Waals surface area contributed by atoms with Crippen LogP contribution in [0.1, 0.15) is 60.6 Å². The largest absolute Gasteiger partial charge is 0.484 e. The van der Waals surface area contributed by atoms with Gasteiger partial charge in [0.1, 0.15) is 11.3 Å². The van der Waals surface area contributed by atoms with Crippen molar-refractivity contribution in [3.8, 4) is 5.75 Å². The summed E-state index contributed by atoms with van der Waals surface area (Å²) in [5.41, 5.74) is 2.86. The molecule has 2 aliphatic rings. The molecule has 1 saturated heterocycles. The number of nitrogens with zero attached hydrogens (tertiary/aromatic N) is 5. The van der Waals surface area contributed by atoms with Crippen molar-refractivity contribution in [1.29, 1.82) is 0 Å². The number of anilines is 1. The molecule has 3 heterocycles. The first kappa shape index (κ1) is 23.1. The number of amides is 2. The molecule has 1 atom stereocenters. The summed E-state index contributed by atoms with van der Waals surface area (Å²) >= 11 is 0. The molecule has 1 aliphatic heterocycles. The summed E-state index contributed by atoms with van der Waals surface area (Å²) in [6.45, 7) is 0.625. The van der Waals surface area contributed by atoms with Crippen LogP contribution in [0.3, 0.4) is 0 Å². The van der Waals surface area contributed by atoms with Crippen LogP contribution in [0, 0.1) is 0 Å². The van der Waals surface area contributed by atoms with E-state index in [0.717, 1.165) is 49.9 Å². The molecule has 9 nitrogen and oxygen atoms in total. The van der Waals surface area contributed by atoms with Gasteiger partial charge in [-0.25, -0.2) is 9.50 Å². The number of carbonyl (C=O) groups is 2. The van der Waals surface area contributed by atoms with Gasteiger partial charge in [0.05, 0.1) is 17.9 Å². The maximum atomic E-state index is 13.1. The first-order valence-electron chi connectivity index (χ1n) is 12.3. The highest BCUT2D eigenvalue weighted by atomic mass is 16.5. The maximum absolute atomic E-state index is 13.1. The predicted molar refractivity (Wildman–Crippen MR) is 133 cm³/mol. The lowest BCUT2D eigenvalue weighted by molar-refractivity contribution is -0.134. The summed E-state index contributed by atoms with van der Waals surface area (Å²) < 4.78 is 7.55. The molecule has 35 heavy (non-hydrogen) atoms. The average Bonchev–Trinajstić information content (AvgIpc) is 3.63. The quantitative estimate of drug-likeness (QED) is 0.563. The molecule has 0 radical (unpaired) electrons. The van der Waals surface area contributed by atoms with E-state index in [4.69, 9.17) is 4.74 Å². The lowest BCUT2D eigenvalue weighted by Gasteiger charge is -2.25. The highest BCUT2D eigenvalue weighted by Crippen LogP contribution is 2.32. The van der Waals surface area contributed by atoms with Gasteiger partial charge in [0, 0.05) is 44.6 Å². The smallest absolute Gasteiger partial charge is 0.261 e. The summed E-state index contributed by atoms with van der Waals surface area (Å²) in [4.78, 5) is 34.3. The van der Waals surface area contributed by atoms with Crippen molar-refractivity contribution >= 4 is 23.1 Å². The van der Waals surface area contributed by atoms with Gasteiger partial charge in [-0.3, -0.25) is 9.59 Å². The molecule has 9 heteroatoms. The van der Waals surface area contributed by atoms with Gasteiger partial charge in [-0.2, -0.15) is 5.10 Å². The van der Waals surface area contributed by atoms with Crippen LogP contribution in [0.4, 0.5) is 5.69 Å². The van der Waals surface area contributed by atoms with Crippen molar-refractivity contribution in [3.63, 3.8) is 0 Å². The van der Waals surface area contributed by atoms with E-state index in [1.165, 1.54) is 0 Å². The number of ether oxygens (including phenoxy) is 1. The normalized spacial score (nSPS) is 18.2. The monoisotopic (exact) mass is 476 g/mol. The van der Waals surface area contributed by atoms with E-state index in [2.05, 4.69) is 15.4 Å². The standard InChI is InChI=1S/C26H32N6O3/c1-30(2)19-9-5-10-20(15-19)35-17-24(33)31-14-6-11-22(31)23-12-13-27-25-21(16-28-32(23)25)26(34)29-18-7-3-4-8-18/h5,9-10,12-13,15-16,18,22H,3-4,6-8,11,14,17H2,1-2H3,(H,29,34). The summed E-state index contributed by atoms with van der Waals surface area (Å²) in [6.07, 6.45) is 9.34. The number of rotatable bonds is 7. The van der Waals surface area contributed by atoms with Crippen LogP contribution in [0.5, 0.6) is 5.75 Å². The minimum absolute atomic E-state index is 0.0320. The number of nitrogens with one attached hydrogen (secondary N) is 1. The van der Waals surface area contributed by atoms with Gasteiger partial charge in [-0.15, -0.1) is 0 Å².